The number of para-hydroxylation sites is 5. The number of hydrogen-bond acceptors (Lipinski definition) is 2. The minimum absolute atomic E-state index is 0.860. The van der Waals surface area contributed by atoms with Crippen LogP contribution in [0.5, 0.6) is 11.5 Å². The van der Waals surface area contributed by atoms with Crippen molar-refractivity contribution in [2.75, 3.05) is 5.32 Å². The third-order valence-corrected chi connectivity index (χ3v) is 7.44. The zero-order valence-corrected chi connectivity index (χ0v) is 19.3. The molecule has 0 aliphatic carbocycles. The Balaban J connectivity index is 1.42. The zero-order chi connectivity index (χ0) is 23.1. The summed E-state index contributed by atoms with van der Waals surface area (Å²) in [6.07, 6.45) is 0. The maximum atomic E-state index is 6.29. The largest absolute Gasteiger partial charge is 0.453 e. The Morgan fingerprint density at radius 3 is 2.51 bits per heavy atom. The van der Waals surface area contributed by atoms with E-state index in [4.69, 9.17) is 4.74 Å². The fourth-order valence-electron chi connectivity index (χ4n) is 5.98. The summed E-state index contributed by atoms with van der Waals surface area (Å²) in [7, 11) is 0.903. The van der Waals surface area contributed by atoms with Gasteiger partial charge in [-0.2, -0.15) is 0 Å². The average molecular weight is 448 g/mol. The molecule has 0 fully saturated rings. The molecule has 3 nitrogen and oxygen atoms in total. The molecule has 2 aliphatic heterocycles. The van der Waals surface area contributed by atoms with Crippen molar-refractivity contribution in [1.29, 1.82) is 0 Å². The highest BCUT2D eigenvalue weighted by atomic mass is 16.5. The van der Waals surface area contributed by atoms with E-state index in [9.17, 15) is 0 Å². The lowest BCUT2D eigenvalue weighted by atomic mass is 9.59. The summed E-state index contributed by atoms with van der Waals surface area (Å²) in [5, 5.41) is 6.30. The van der Waals surface area contributed by atoms with Crippen LogP contribution in [0.2, 0.25) is 0 Å². The highest BCUT2D eigenvalue weighted by Gasteiger charge is 2.27. The Bertz CT molecular complexity index is 1850. The molecule has 6 aromatic rings. The molecule has 0 saturated carbocycles. The lowest BCUT2D eigenvalue weighted by Gasteiger charge is -2.27. The number of hydrogen-bond donors (Lipinski definition) is 1. The number of aryl methyl sites for hydroxylation is 1. The summed E-state index contributed by atoms with van der Waals surface area (Å²) in [6.45, 7) is 2.20. The molecule has 0 atom stereocenters. The molecule has 1 N–H and O–H groups in total. The van der Waals surface area contributed by atoms with Gasteiger partial charge in [-0.05, 0) is 53.8 Å². The van der Waals surface area contributed by atoms with Gasteiger partial charge in [0.25, 0.3) is 0 Å². The predicted octanol–water partition coefficient (Wildman–Crippen LogP) is 6.31. The first-order chi connectivity index (χ1) is 17.3. The molecule has 0 radical (unpaired) electrons. The van der Waals surface area contributed by atoms with Crippen molar-refractivity contribution in [3.8, 4) is 28.3 Å². The van der Waals surface area contributed by atoms with Crippen LogP contribution in [0.15, 0.2) is 97.1 Å². The van der Waals surface area contributed by atoms with E-state index in [0.717, 1.165) is 30.2 Å². The van der Waals surface area contributed by atoms with Gasteiger partial charge in [0.2, 0.25) is 0 Å². The molecule has 0 amide bonds. The van der Waals surface area contributed by atoms with Gasteiger partial charge in [-0.25, -0.2) is 0 Å². The molecule has 35 heavy (non-hydrogen) atoms. The Labute approximate surface area is 203 Å². The van der Waals surface area contributed by atoms with Crippen molar-refractivity contribution in [2.45, 2.75) is 6.92 Å². The van der Waals surface area contributed by atoms with Crippen LogP contribution in [-0.2, 0) is 0 Å². The van der Waals surface area contributed by atoms with Gasteiger partial charge in [0, 0.05) is 27.5 Å². The number of fused-ring (bicyclic) bond motifs is 7. The van der Waals surface area contributed by atoms with Crippen LogP contribution in [0, 0.1) is 6.92 Å². The maximum Gasteiger partial charge on any atom is 0.198 e. The summed E-state index contributed by atoms with van der Waals surface area (Å²) in [4.78, 5) is 0. The number of nitrogens with one attached hydrogen (secondary N) is 1. The van der Waals surface area contributed by atoms with Crippen molar-refractivity contribution in [1.82, 2.24) is 4.57 Å². The summed E-state index contributed by atoms with van der Waals surface area (Å²) < 4.78 is 8.77. The number of ether oxygens (including phenoxy) is 1. The second-order valence-corrected chi connectivity index (χ2v) is 9.55. The van der Waals surface area contributed by atoms with E-state index in [1.54, 1.807) is 0 Å². The van der Waals surface area contributed by atoms with E-state index in [-0.39, 0.29) is 0 Å². The first-order valence-electron chi connectivity index (χ1n) is 12.1. The Morgan fingerprint density at radius 1 is 0.743 bits per heavy atom. The van der Waals surface area contributed by atoms with Gasteiger partial charge in [0.05, 0.1) is 16.9 Å². The second-order valence-electron chi connectivity index (χ2n) is 9.55. The number of rotatable bonds is 1. The monoisotopic (exact) mass is 448 g/mol. The SMILES string of the molecule is Cc1cc(-c2cccc3c2Nc2ccccc2O3)c2c(c1)-n1c3ccccc3c3cccc(c31)B2. The van der Waals surface area contributed by atoms with Crippen molar-refractivity contribution in [2.24, 2.45) is 0 Å². The quantitative estimate of drug-likeness (QED) is 0.298. The van der Waals surface area contributed by atoms with Crippen LogP contribution in [0.4, 0.5) is 11.4 Å². The molecule has 0 saturated heterocycles. The summed E-state index contributed by atoms with van der Waals surface area (Å²) >= 11 is 0. The molecule has 0 unspecified atom stereocenters. The van der Waals surface area contributed by atoms with Crippen LogP contribution in [0.3, 0.4) is 0 Å². The number of anilines is 2. The molecule has 0 bridgehead atoms. The average Bonchev–Trinajstić information content (AvgIpc) is 3.23. The van der Waals surface area contributed by atoms with Crippen LogP contribution in [0.1, 0.15) is 5.56 Å². The maximum absolute atomic E-state index is 6.29. The minimum Gasteiger partial charge on any atom is -0.453 e. The van der Waals surface area contributed by atoms with Crippen LogP contribution < -0.4 is 21.0 Å². The van der Waals surface area contributed by atoms with Crippen molar-refractivity contribution < 1.29 is 4.74 Å². The highest BCUT2D eigenvalue weighted by Crippen LogP contribution is 2.46. The molecular formula is C31H21BN2O. The zero-order valence-electron chi connectivity index (χ0n) is 19.3. The van der Waals surface area contributed by atoms with Crippen molar-refractivity contribution in [3.63, 3.8) is 0 Å². The Kier molecular flexibility index (Phi) is 3.68. The lowest BCUT2D eigenvalue weighted by molar-refractivity contribution is 0.481. The summed E-state index contributed by atoms with van der Waals surface area (Å²) in [5.74, 6) is 1.72. The smallest absolute Gasteiger partial charge is 0.198 e. The lowest BCUT2D eigenvalue weighted by Crippen LogP contribution is -2.37. The van der Waals surface area contributed by atoms with E-state index in [0.29, 0.717) is 0 Å². The highest BCUT2D eigenvalue weighted by molar-refractivity contribution is 6.73. The molecule has 1 aromatic heterocycles. The number of aromatic nitrogens is 1. The van der Waals surface area contributed by atoms with E-state index in [1.807, 2.05) is 24.3 Å². The van der Waals surface area contributed by atoms with Gasteiger partial charge in [-0.3, -0.25) is 0 Å². The van der Waals surface area contributed by atoms with Crippen molar-refractivity contribution >= 4 is 51.4 Å². The number of benzene rings is 5. The molecule has 3 heterocycles. The predicted molar refractivity (Wildman–Crippen MR) is 147 cm³/mol. The molecule has 8 rings (SSSR count). The fraction of sp³-hybridized carbons (Fsp3) is 0.0323. The standard InChI is InChI=1S/C31H21BN2O/c1-18-16-22(20-9-7-15-28-30(20)33-24-12-3-5-14-27(24)35-28)29-26(17-18)34-25-13-4-2-8-19(25)21-10-6-11-23(32-29)31(21)34/h2-17,32-33H,1H3. The van der Waals surface area contributed by atoms with Crippen LogP contribution in [-0.4, -0.2) is 11.8 Å². The first-order valence-corrected chi connectivity index (χ1v) is 12.1. The normalized spacial score (nSPS) is 12.8. The van der Waals surface area contributed by atoms with Crippen LogP contribution in [0.25, 0.3) is 38.6 Å². The molecule has 164 valence electrons. The van der Waals surface area contributed by atoms with Gasteiger partial charge < -0.3 is 14.6 Å². The first kappa shape index (κ1) is 18.9. The minimum atomic E-state index is 0.860. The third-order valence-electron chi connectivity index (χ3n) is 7.44. The topological polar surface area (TPSA) is 26.2 Å². The van der Waals surface area contributed by atoms with Crippen LogP contribution >= 0.6 is 0 Å². The Morgan fingerprint density at radius 2 is 1.54 bits per heavy atom. The third kappa shape index (κ3) is 2.57. The van der Waals surface area contributed by atoms with Gasteiger partial charge >= 0.3 is 0 Å². The molecule has 0 spiro atoms. The molecule has 4 heteroatoms. The summed E-state index contributed by atoms with van der Waals surface area (Å²) in [6, 6.07) is 34.6. The van der Waals surface area contributed by atoms with Crippen molar-refractivity contribution in [3.05, 3.63) is 103 Å². The second kappa shape index (κ2) is 6.80. The molecular weight excluding hydrogens is 427 g/mol. The van der Waals surface area contributed by atoms with E-state index < -0.39 is 0 Å². The number of nitrogens with zero attached hydrogens (tertiary/aromatic N) is 1. The summed E-state index contributed by atoms with van der Waals surface area (Å²) in [5.41, 5.74) is 12.3. The molecule has 2 aliphatic rings. The van der Waals surface area contributed by atoms with Gasteiger partial charge in [0.1, 0.15) is 0 Å². The van der Waals surface area contributed by atoms with E-state index in [2.05, 4.69) is 89.6 Å². The van der Waals surface area contributed by atoms with Gasteiger partial charge in [-0.1, -0.05) is 72.2 Å². The fourth-order valence-corrected chi connectivity index (χ4v) is 5.98. The van der Waals surface area contributed by atoms with Gasteiger partial charge in [-0.15, -0.1) is 0 Å². The Hall–Kier alpha value is -4.44. The van der Waals surface area contributed by atoms with E-state index in [1.165, 1.54) is 55.1 Å². The van der Waals surface area contributed by atoms with E-state index >= 15 is 0 Å². The van der Waals surface area contributed by atoms with Gasteiger partial charge in [0.15, 0.2) is 18.8 Å². The molecule has 5 aromatic carbocycles.